The third kappa shape index (κ3) is 6.45. The van der Waals surface area contributed by atoms with E-state index in [0.717, 1.165) is 22.1 Å². The fraction of sp³-hybridized carbons (Fsp3) is 0.296. The molecule has 39 heavy (non-hydrogen) atoms. The third-order valence-electron chi connectivity index (χ3n) is 5.89. The molecule has 2 heterocycles. The van der Waals surface area contributed by atoms with Crippen LogP contribution in [0.25, 0.3) is 22.0 Å². The maximum absolute atomic E-state index is 13.5. The zero-order chi connectivity index (χ0) is 29.2. The molecule has 0 radical (unpaired) electrons. The molecule has 3 N–H and O–H groups in total. The van der Waals surface area contributed by atoms with Crippen LogP contribution in [-0.2, 0) is 26.7 Å². The first-order valence-electron chi connectivity index (χ1n) is 11.7. The number of hydrogen-bond acceptors (Lipinski definition) is 6. The Bertz CT molecular complexity index is 1550. The molecule has 0 unspecified atom stereocenters. The van der Waals surface area contributed by atoms with E-state index in [1.807, 2.05) is 18.2 Å². The van der Waals surface area contributed by atoms with Gasteiger partial charge in [-0.05, 0) is 58.7 Å². The van der Waals surface area contributed by atoms with Crippen molar-refractivity contribution in [1.29, 1.82) is 0 Å². The average Bonchev–Trinajstić information content (AvgIpc) is 3.51. The maximum atomic E-state index is 13.5. The molecule has 0 saturated carbocycles. The lowest BCUT2D eigenvalue weighted by molar-refractivity contribution is -0.192. The molecule has 7 nitrogen and oxygen atoms in total. The number of methoxy groups -OCH3 is 1. The number of nitrogens with two attached hydrogens (primary N) is 1. The van der Waals surface area contributed by atoms with E-state index >= 15 is 0 Å². The molecule has 210 valence electrons. The molecule has 0 aliphatic carbocycles. The van der Waals surface area contributed by atoms with Gasteiger partial charge in [-0.3, -0.25) is 0 Å². The minimum atomic E-state index is -5.08. The van der Waals surface area contributed by atoms with E-state index in [1.165, 1.54) is 28.0 Å². The molecule has 0 spiro atoms. The Kier molecular flexibility index (Phi) is 8.83. The number of ether oxygens (including phenoxy) is 1. The first-order valence-corrected chi connectivity index (χ1v) is 14.1. The predicted octanol–water partition coefficient (Wildman–Crippen LogP) is 6.05. The van der Waals surface area contributed by atoms with Crippen molar-refractivity contribution < 1.29 is 36.2 Å². The molecule has 2 aromatic carbocycles. The fourth-order valence-electron chi connectivity index (χ4n) is 3.98. The van der Waals surface area contributed by atoms with Gasteiger partial charge >= 0.3 is 12.1 Å². The first-order chi connectivity index (χ1) is 18.1. The fourth-order valence-corrected chi connectivity index (χ4v) is 6.55. The van der Waals surface area contributed by atoms with Crippen molar-refractivity contribution in [3.63, 3.8) is 0 Å². The highest BCUT2D eigenvalue weighted by Gasteiger charge is 2.38. The van der Waals surface area contributed by atoms with Crippen LogP contribution in [0.2, 0.25) is 0 Å². The lowest BCUT2D eigenvalue weighted by atomic mass is 9.86. The van der Waals surface area contributed by atoms with Crippen molar-refractivity contribution in [2.45, 2.75) is 43.0 Å². The normalized spacial score (nSPS) is 12.2. The van der Waals surface area contributed by atoms with Crippen LogP contribution >= 0.6 is 11.3 Å². The molecule has 0 aliphatic heterocycles. The van der Waals surface area contributed by atoms with Crippen molar-refractivity contribution in [3.05, 3.63) is 71.1 Å². The number of carboxylic acid groups (broad SMARTS) is 1. The quantitative estimate of drug-likeness (QED) is 0.286. The summed E-state index contributed by atoms with van der Waals surface area (Å²) in [4.78, 5) is 8.90. The monoisotopic (exact) mass is 582 g/mol. The lowest BCUT2D eigenvalue weighted by Crippen LogP contribution is -2.21. The van der Waals surface area contributed by atoms with Crippen molar-refractivity contribution >= 4 is 38.2 Å². The van der Waals surface area contributed by atoms with E-state index in [9.17, 15) is 21.6 Å². The van der Waals surface area contributed by atoms with Crippen LogP contribution in [0.5, 0.6) is 5.88 Å². The molecule has 0 saturated heterocycles. The number of aromatic nitrogens is 1. The van der Waals surface area contributed by atoms with Crippen molar-refractivity contribution in [3.8, 4) is 17.0 Å². The van der Waals surface area contributed by atoms with Crippen molar-refractivity contribution in [1.82, 2.24) is 3.97 Å². The van der Waals surface area contributed by atoms with Crippen LogP contribution < -0.4 is 10.5 Å². The van der Waals surface area contributed by atoms with E-state index in [0.29, 0.717) is 24.4 Å². The maximum Gasteiger partial charge on any atom is 0.490 e. The van der Waals surface area contributed by atoms with Crippen molar-refractivity contribution in [2.75, 3.05) is 13.7 Å². The minimum Gasteiger partial charge on any atom is -0.481 e. The lowest BCUT2D eigenvalue weighted by Gasteiger charge is -2.19. The van der Waals surface area contributed by atoms with Gasteiger partial charge in [0.1, 0.15) is 4.21 Å². The number of carboxylic acids is 1. The number of alkyl halides is 3. The Balaban J connectivity index is 0.000000532. The summed E-state index contributed by atoms with van der Waals surface area (Å²) in [5.74, 6) is -2.44. The van der Waals surface area contributed by atoms with Crippen LogP contribution in [-0.4, -0.2) is 43.3 Å². The zero-order valence-corrected chi connectivity index (χ0v) is 23.4. The van der Waals surface area contributed by atoms with Gasteiger partial charge in [-0.15, -0.1) is 11.3 Å². The largest absolute Gasteiger partial charge is 0.490 e. The number of nitrogens with zero attached hydrogens (tertiary/aromatic N) is 1. The van der Waals surface area contributed by atoms with Gasteiger partial charge in [0.2, 0.25) is 5.88 Å². The number of fused-ring (bicyclic) bond motifs is 1. The summed E-state index contributed by atoms with van der Waals surface area (Å²) in [5.41, 5.74) is 10.7. The van der Waals surface area contributed by atoms with Gasteiger partial charge < -0.3 is 15.6 Å². The van der Waals surface area contributed by atoms with E-state index in [4.69, 9.17) is 20.4 Å². The molecule has 12 heteroatoms. The summed E-state index contributed by atoms with van der Waals surface area (Å²) in [5, 5.41) is 9.72. The van der Waals surface area contributed by atoms with Crippen molar-refractivity contribution in [2.24, 2.45) is 5.73 Å². The molecule has 2 aromatic heterocycles. The Morgan fingerprint density at radius 1 is 1.05 bits per heavy atom. The smallest absolute Gasteiger partial charge is 0.481 e. The highest BCUT2D eigenvalue weighted by atomic mass is 32.2. The first kappa shape index (κ1) is 30.2. The summed E-state index contributed by atoms with van der Waals surface area (Å²) in [7, 11) is -2.29. The van der Waals surface area contributed by atoms with Gasteiger partial charge in [-0.1, -0.05) is 57.2 Å². The molecule has 0 fully saturated rings. The standard InChI is InChI=1S/C25H28N2O3S2.C2HF3O2/c1-25(2,3)19-10-7-17(8-11-19)18-9-12-22-21(16-18)20(13-14-26)24(30-4)27(22)32(28,29)23-6-5-15-31-23;3-2(4,5)1(6)7/h5-12,15-16H,13-14,26H2,1-4H3;(H,6,7). The highest BCUT2D eigenvalue weighted by Crippen LogP contribution is 2.39. The van der Waals surface area contributed by atoms with Crippen LogP contribution in [0, 0.1) is 0 Å². The number of benzene rings is 2. The highest BCUT2D eigenvalue weighted by molar-refractivity contribution is 7.92. The number of thiophene rings is 1. The van der Waals surface area contributed by atoms with E-state index in [1.54, 1.807) is 17.5 Å². The molecular weight excluding hydrogens is 553 g/mol. The van der Waals surface area contributed by atoms with Crippen LogP contribution in [0.3, 0.4) is 0 Å². The summed E-state index contributed by atoms with van der Waals surface area (Å²) in [6.45, 7) is 6.96. The minimum absolute atomic E-state index is 0.0809. The molecule has 0 atom stereocenters. The molecule has 4 aromatic rings. The molecule has 0 aliphatic rings. The second-order valence-electron chi connectivity index (χ2n) is 9.59. The van der Waals surface area contributed by atoms with Gasteiger partial charge in [0, 0.05) is 10.9 Å². The van der Waals surface area contributed by atoms with Gasteiger partial charge in [0.15, 0.2) is 0 Å². The Hall–Kier alpha value is -3.35. The van der Waals surface area contributed by atoms with E-state index in [2.05, 4.69) is 45.0 Å². The Labute approximate surface area is 228 Å². The van der Waals surface area contributed by atoms with Gasteiger partial charge in [-0.2, -0.15) is 21.6 Å². The van der Waals surface area contributed by atoms with Gasteiger partial charge in [-0.25, -0.2) is 8.77 Å². The number of rotatable bonds is 6. The topological polar surface area (TPSA) is 112 Å². The summed E-state index contributed by atoms with van der Waals surface area (Å²) in [6, 6.07) is 17.7. The molecule has 4 rings (SSSR count). The molecule has 0 amide bonds. The second kappa shape index (κ2) is 11.4. The summed E-state index contributed by atoms with van der Waals surface area (Å²) < 4.78 is 65.9. The predicted molar refractivity (Wildman–Crippen MR) is 146 cm³/mol. The summed E-state index contributed by atoms with van der Waals surface area (Å²) >= 11 is 1.19. The average molecular weight is 583 g/mol. The van der Waals surface area contributed by atoms with E-state index in [-0.39, 0.29) is 9.62 Å². The number of aliphatic carboxylic acids is 1. The number of halogens is 3. The van der Waals surface area contributed by atoms with E-state index < -0.39 is 22.2 Å². The summed E-state index contributed by atoms with van der Waals surface area (Å²) in [6.07, 6.45) is -4.57. The van der Waals surface area contributed by atoms with Crippen LogP contribution in [0.4, 0.5) is 13.2 Å². The van der Waals surface area contributed by atoms with Crippen LogP contribution in [0.15, 0.2) is 64.2 Å². The number of hydrogen-bond donors (Lipinski definition) is 2. The zero-order valence-electron chi connectivity index (χ0n) is 21.7. The second-order valence-corrected chi connectivity index (χ2v) is 12.6. The van der Waals surface area contributed by atoms with Crippen LogP contribution in [0.1, 0.15) is 31.9 Å². The third-order valence-corrected chi connectivity index (χ3v) is 8.96. The molecular formula is C27H29F3N2O5S2. The SMILES string of the molecule is COc1c(CCN)c2cc(-c3ccc(C(C)(C)C)cc3)ccc2n1S(=O)(=O)c1cccs1.O=C(O)C(F)(F)F. The van der Waals surface area contributed by atoms with Gasteiger partial charge in [0.25, 0.3) is 10.0 Å². The number of carbonyl (C=O) groups is 1. The molecule has 0 bridgehead atoms. The Morgan fingerprint density at radius 2 is 1.64 bits per heavy atom. The Morgan fingerprint density at radius 3 is 2.10 bits per heavy atom. The van der Waals surface area contributed by atoms with Gasteiger partial charge in [0.05, 0.1) is 12.6 Å².